The van der Waals surface area contributed by atoms with E-state index in [2.05, 4.69) is 10.1 Å². The quantitative estimate of drug-likeness (QED) is 0.859. The minimum atomic E-state index is -0.129. The molecule has 1 aliphatic heterocycles. The van der Waals surface area contributed by atoms with Gasteiger partial charge >= 0.3 is 0 Å². The summed E-state index contributed by atoms with van der Waals surface area (Å²) in [5.41, 5.74) is 0.393. The van der Waals surface area contributed by atoms with Crippen molar-refractivity contribution < 1.29 is 9.32 Å². The molecule has 24 heavy (non-hydrogen) atoms. The van der Waals surface area contributed by atoms with E-state index < -0.39 is 0 Å². The Balaban J connectivity index is 1.75. The van der Waals surface area contributed by atoms with E-state index in [1.807, 2.05) is 13.8 Å². The Hall–Kier alpha value is -2.44. The molecule has 1 amide bonds. The van der Waals surface area contributed by atoms with Gasteiger partial charge in [-0.05, 0) is 18.9 Å². The fourth-order valence-electron chi connectivity index (χ4n) is 2.92. The van der Waals surface area contributed by atoms with E-state index in [0.717, 1.165) is 12.8 Å². The first-order valence-corrected chi connectivity index (χ1v) is 8.25. The first-order chi connectivity index (χ1) is 11.5. The maximum absolute atomic E-state index is 12.7. The molecule has 7 heteroatoms. The molecule has 2 aromatic heterocycles. The second kappa shape index (κ2) is 6.59. The minimum absolute atomic E-state index is 0.0668. The zero-order valence-electron chi connectivity index (χ0n) is 14.2. The van der Waals surface area contributed by atoms with Gasteiger partial charge in [-0.2, -0.15) is 4.98 Å². The molecule has 1 saturated heterocycles. The average molecular weight is 330 g/mol. The lowest BCUT2D eigenvalue weighted by atomic mass is 9.97. The van der Waals surface area contributed by atoms with Gasteiger partial charge in [-0.1, -0.05) is 19.0 Å². The van der Waals surface area contributed by atoms with Crippen LogP contribution < -0.4 is 5.56 Å². The van der Waals surface area contributed by atoms with E-state index >= 15 is 0 Å². The predicted octanol–water partition coefficient (Wildman–Crippen LogP) is 1.91. The summed E-state index contributed by atoms with van der Waals surface area (Å²) in [6.07, 6.45) is 3.42. The van der Waals surface area contributed by atoms with E-state index in [1.165, 1.54) is 10.6 Å². The third kappa shape index (κ3) is 3.25. The van der Waals surface area contributed by atoms with Crippen LogP contribution in [0.3, 0.4) is 0 Å². The largest absolute Gasteiger partial charge is 0.339 e. The van der Waals surface area contributed by atoms with Crippen molar-refractivity contribution in [2.75, 3.05) is 13.1 Å². The highest BCUT2D eigenvalue weighted by atomic mass is 16.5. The molecule has 0 radical (unpaired) electrons. The molecule has 2 aromatic rings. The zero-order chi connectivity index (χ0) is 17.3. The van der Waals surface area contributed by atoms with Crippen LogP contribution in [0.1, 0.15) is 60.6 Å². The van der Waals surface area contributed by atoms with E-state index in [0.29, 0.717) is 30.4 Å². The number of pyridine rings is 1. The maximum Gasteiger partial charge on any atom is 0.255 e. The highest BCUT2D eigenvalue weighted by molar-refractivity contribution is 5.94. The lowest BCUT2D eigenvalue weighted by Gasteiger charge is -2.31. The Bertz CT molecular complexity index is 793. The molecule has 0 bridgehead atoms. The number of carbonyl (C=O) groups excluding carboxylic acids is 1. The van der Waals surface area contributed by atoms with Crippen molar-refractivity contribution in [1.82, 2.24) is 19.6 Å². The number of piperidine rings is 1. The van der Waals surface area contributed by atoms with Crippen molar-refractivity contribution in [2.45, 2.75) is 38.5 Å². The summed E-state index contributed by atoms with van der Waals surface area (Å²) in [6.45, 7) is 5.28. The Morgan fingerprint density at radius 1 is 1.38 bits per heavy atom. The second-order valence-corrected chi connectivity index (χ2v) is 6.60. The van der Waals surface area contributed by atoms with Crippen LogP contribution in [0, 0.1) is 0 Å². The summed E-state index contributed by atoms with van der Waals surface area (Å²) in [5, 5.41) is 4.08. The number of aromatic nitrogens is 3. The number of amides is 1. The average Bonchev–Trinajstić information content (AvgIpc) is 3.07. The van der Waals surface area contributed by atoms with Gasteiger partial charge in [0.15, 0.2) is 5.82 Å². The Labute approximate surface area is 140 Å². The van der Waals surface area contributed by atoms with Gasteiger partial charge in [0.25, 0.3) is 5.91 Å². The summed E-state index contributed by atoms with van der Waals surface area (Å²) < 4.78 is 6.71. The van der Waals surface area contributed by atoms with Crippen molar-refractivity contribution >= 4 is 5.91 Å². The number of nitrogens with zero attached hydrogens (tertiary/aromatic N) is 4. The van der Waals surface area contributed by atoms with Crippen molar-refractivity contribution in [3.8, 4) is 0 Å². The Morgan fingerprint density at radius 3 is 2.83 bits per heavy atom. The fraction of sp³-hybridized carbons (Fsp3) is 0.529. The molecule has 1 unspecified atom stereocenters. The summed E-state index contributed by atoms with van der Waals surface area (Å²) >= 11 is 0. The summed E-state index contributed by atoms with van der Waals surface area (Å²) in [7, 11) is 1.64. The van der Waals surface area contributed by atoms with Gasteiger partial charge in [0.05, 0.1) is 5.56 Å². The van der Waals surface area contributed by atoms with Crippen molar-refractivity contribution in [2.24, 2.45) is 7.05 Å². The summed E-state index contributed by atoms with van der Waals surface area (Å²) in [6, 6.07) is 3.00. The SMILES string of the molecule is CC(C)c1nc(C2CCCN(C(=O)c3ccc(=O)n(C)c3)C2)no1. The van der Waals surface area contributed by atoms with Gasteiger partial charge in [0.1, 0.15) is 0 Å². The van der Waals surface area contributed by atoms with Crippen LogP contribution in [0.2, 0.25) is 0 Å². The molecule has 0 aromatic carbocycles. The molecular formula is C17H22N4O3. The Kier molecular flexibility index (Phi) is 4.51. The van der Waals surface area contributed by atoms with Crippen LogP contribution in [0.5, 0.6) is 0 Å². The molecule has 128 valence electrons. The molecular weight excluding hydrogens is 308 g/mol. The Morgan fingerprint density at radius 2 is 2.17 bits per heavy atom. The summed E-state index contributed by atoms with van der Waals surface area (Å²) in [4.78, 5) is 30.4. The first kappa shape index (κ1) is 16.4. The monoisotopic (exact) mass is 330 g/mol. The van der Waals surface area contributed by atoms with Crippen LogP contribution >= 0.6 is 0 Å². The third-order valence-corrected chi connectivity index (χ3v) is 4.36. The number of carbonyl (C=O) groups is 1. The van der Waals surface area contributed by atoms with Crippen molar-refractivity contribution in [3.05, 3.63) is 46.0 Å². The third-order valence-electron chi connectivity index (χ3n) is 4.36. The van der Waals surface area contributed by atoms with E-state index in [9.17, 15) is 9.59 Å². The molecule has 0 spiro atoms. The van der Waals surface area contributed by atoms with Gasteiger partial charge in [-0.25, -0.2) is 0 Å². The fourth-order valence-corrected chi connectivity index (χ4v) is 2.92. The van der Waals surface area contributed by atoms with Crippen molar-refractivity contribution in [1.29, 1.82) is 0 Å². The van der Waals surface area contributed by atoms with Crippen LogP contribution in [-0.2, 0) is 7.05 Å². The predicted molar refractivity (Wildman–Crippen MR) is 87.9 cm³/mol. The minimum Gasteiger partial charge on any atom is -0.339 e. The molecule has 3 rings (SSSR count). The van der Waals surface area contributed by atoms with Crippen LogP contribution in [0.15, 0.2) is 27.6 Å². The van der Waals surface area contributed by atoms with Gasteiger partial charge in [0, 0.05) is 44.2 Å². The number of likely N-dealkylation sites (tertiary alicyclic amines) is 1. The standard InChI is InChI=1S/C17H22N4O3/c1-11(2)16-18-15(19-24-16)12-5-4-8-21(10-12)17(23)13-6-7-14(22)20(3)9-13/h6-7,9,11-12H,4-5,8,10H2,1-3H3. The van der Waals surface area contributed by atoms with Gasteiger partial charge in [-0.3, -0.25) is 9.59 Å². The van der Waals surface area contributed by atoms with Crippen LogP contribution in [0.25, 0.3) is 0 Å². The topological polar surface area (TPSA) is 81.2 Å². The van der Waals surface area contributed by atoms with E-state index in [1.54, 1.807) is 24.2 Å². The summed E-state index contributed by atoms with van der Waals surface area (Å²) in [5.74, 6) is 1.52. The number of hydrogen-bond acceptors (Lipinski definition) is 5. The lowest BCUT2D eigenvalue weighted by Crippen LogP contribution is -2.39. The smallest absolute Gasteiger partial charge is 0.255 e. The normalized spacial score (nSPS) is 18.2. The number of rotatable bonds is 3. The molecule has 0 aliphatic carbocycles. The highest BCUT2D eigenvalue weighted by Gasteiger charge is 2.29. The molecule has 1 atom stereocenters. The number of hydrogen-bond donors (Lipinski definition) is 0. The highest BCUT2D eigenvalue weighted by Crippen LogP contribution is 2.26. The lowest BCUT2D eigenvalue weighted by molar-refractivity contribution is 0.0702. The number of aryl methyl sites for hydroxylation is 1. The molecule has 0 saturated carbocycles. The van der Waals surface area contributed by atoms with Crippen molar-refractivity contribution in [3.63, 3.8) is 0 Å². The first-order valence-electron chi connectivity index (χ1n) is 8.25. The maximum atomic E-state index is 12.7. The van der Waals surface area contributed by atoms with Gasteiger partial charge < -0.3 is 14.0 Å². The zero-order valence-corrected chi connectivity index (χ0v) is 14.2. The van der Waals surface area contributed by atoms with Crippen LogP contribution in [-0.4, -0.2) is 38.6 Å². The second-order valence-electron chi connectivity index (χ2n) is 6.60. The molecule has 7 nitrogen and oxygen atoms in total. The van der Waals surface area contributed by atoms with Crippen LogP contribution in [0.4, 0.5) is 0 Å². The molecule has 0 N–H and O–H groups in total. The molecule has 1 fully saturated rings. The van der Waals surface area contributed by atoms with E-state index in [4.69, 9.17) is 4.52 Å². The van der Waals surface area contributed by atoms with E-state index in [-0.39, 0.29) is 23.3 Å². The van der Waals surface area contributed by atoms with Gasteiger partial charge in [-0.15, -0.1) is 0 Å². The van der Waals surface area contributed by atoms with Gasteiger partial charge in [0.2, 0.25) is 11.4 Å². The molecule has 3 heterocycles. The molecule has 1 aliphatic rings.